The zero-order chi connectivity index (χ0) is 15.7. The Morgan fingerprint density at radius 3 is 2.55 bits per heavy atom. The number of carbonyl (C=O) groups excluding carboxylic acids is 2. The summed E-state index contributed by atoms with van der Waals surface area (Å²) in [6.45, 7) is 4.34. The highest BCUT2D eigenvalue weighted by Gasteiger charge is 2.74. The van der Waals surface area contributed by atoms with Crippen LogP contribution in [-0.2, 0) is 16.0 Å². The fourth-order valence-corrected chi connectivity index (χ4v) is 3.92. The second kappa shape index (κ2) is 4.12. The van der Waals surface area contributed by atoms with E-state index in [-0.39, 0.29) is 28.7 Å². The zero-order valence-electron chi connectivity index (χ0n) is 13.2. The summed E-state index contributed by atoms with van der Waals surface area (Å²) >= 11 is 0. The quantitative estimate of drug-likeness (QED) is 0.873. The smallest absolute Gasteiger partial charge is 0.337 e. The molecule has 0 spiro atoms. The Balaban J connectivity index is 1.62. The lowest BCUT2D eigenvalue weighted by Gasteiger charge is -2.29. The molecule has 4 nitrogen and oxygen atoms in total. The number of hydrogen-bond donors (Lipinski definition) is 1. The van der Waals surface area contributed by atoms with E-state index in [1.165, 1.54) is 7.11 Å². The van der Waals surface area contributed by atoms with Crippen LogP contribution in [0.2, 0.25) is 0 Å². The molecule has 1 unspecified atom stereocenters. The van der Waals surface area contributed by atoms with Crippen molar-refractivity contribution in [2.45, 2.75) is 39.2 Å². The Kier molecular flexibility index (Phi) is 2.58. The van der Waals surface area contributed by atoms with Gasteiger partial charge in [-0.3, -0.25) is 4.79 Å². The molecule has 2 saturated carbocycles. The highest BCUT2D eigenvalue weighted by molar-refractivity contribution is 5.91. The van der Waals surface area contributed by atoms with Crippen LogP contribution in [0.4, 0.5) is 0 Å². The van der Waals surface area contributed by atoms with Crippen molar-refractivity contribution in [3.05, 3.63) is 34.9 Å². The maximum atomic E-state index is 12.5. The number of nitrogens with one attached hydrogen (secondary N) is 1. The Hall–Kier alpha value is -1.84. The van der Waals surface area contributed by atoms with Crippen molar-refractivity contribution in [1.29, 1.82) is 0 Å². The van der Waals surface area contributed by atoms with Gasteiger partial charge in [-0.1, -0.05) is 19.9 Å². The number of rotatable bonds is 3. The van der Waals surface area contributed by atoms with Crippen LogP contribution in [0.1, 0.15) is 54.2 Å². The first-order valence-corrected chi connectivity index (χ1v) is 7.89. The molecule has 0 aromatic heterocycles. The third-order valence-corrected chi connectivity index (χ3v) is 5.71. The first kappa shape index (κ1) is 13.8. The van der Waals surface area contributed by atoms with E-state index in [1.54, 1.807) is 6.07 Å². The van der Waals surface area contributed by atoms with Crippen molar-refractivity contribution in [2.24, 2.45) is 16.7 Å². The number of methoxy groups -OCH3 is 1. The number of hydrogen-bond acceptors (Lipinski definition) is 3. The van der Waals surface area contributed by atoms with Gasteiger partial charge in [-0.15, -0.1) is 0 Å². The predicted octanol–water partition coefficient (Wildman–Crippen LogP) is 2.62. The van der Waals surface area contributed by atoms with Crippen LogP contribution >= 0.6 is 0 Å². The summed E-state index contributed by atoms with van der Waals surface area (Å²) in [4.78, 5) is 24.1. The van der Waals surface area contributed by atoms with Gasteiger partial charge in [0.15, 0.2) is 0 Å². The Morgan fingerprint density at radius 1 is 1.27 bits per heavy atom. The molecule has 0 heterocycles. The van der Waals surface area contributed by atoms with Crippen molar-refractivity contribution < 1.29 is 14.3 Å². The molecule has 0 bridgehead atoms. The highest BCUT2D eigenvalue weighted by atomic mass is 16.5. The highest BCUT2D eigenvalue weighted by Crippen LogP contribution is 2.75. The molecule has 0 saturated heterocycles. The number of benzene rings is 1. The summed E-state index contributed by atoms with van der Waals surface area (Å²) in [6, 6.07) is 5.69. The van der Waals surface area contributed by atoms with Crippen LogP contribution in [0.5, 0.6) is 0 Å². The fraction of sp³-hybridized carbons (Fsp3) is 0.556. The molecule has 4 rings (SSSR count). The standard InChI is InChI=1S/C18H21NO3/c1-17(2)7-11-6-10(15(20)22-3)4-5-13(11)14(17)19-16(21)18-8-12(18)9-18/h4-6,12,14H,7-9H2,1-3H3,(H,19,21). The molecule has 0 aliphatic heterocycles. The normalized spacial score (nSPS) is 32.7. The van der Waals surface area contributed by atoms with Gasteiger partial charge in [-0.05, 0) is 53.9 Å². The number of ether oxygens (including phenoxy) is 1. The molecule has 1 atom stereocenters. The van der Waals surface area contributed by atoms with Gasteiger partial charge in [0.1, 0.15) is 0 Å². The van der Waals surface area contributed by atoms with Crippen molar-refractivity contribution in [2.75, 3.05) is 7.11 Å². The summed E-state index contributed by atoms with van der Waals surface area (Å²) in [5.74, 6) is 0.560. The number of carbonyl (C=O) groups is 2. The van der Waals surface area contributed by atoms with Crippen LogP contribution in [0.15, 0.2) is 18.2 Å². The topological polar surface area (TPSA) is 55.4 Å². The molecule has 3 aliphatic carbocycles. The summed E-state index contributed by atoms with van der Waals surface area (Å²) in [6.07, 6.45) is 2.99. The first-order chi connectivity index (χ1) is 10.4. The Labute approximate surface area is 130 Å². The Morgan fingerprint density at radius 2 is 1.95 bits per heavy atom. The molecular formula is C18H21NO3. The van der Waals surface area contributed by atoms with Gasteiger partial charge in [-0.2, -0.15) is 0 Å². The summed E-state index contributed by atoms with van der Waals surface area (Å²) < 4.78 is 4.79. The molecule has 3 aliphatic rings. The first-order valence-electron chi connectivity index (χ1n) is 7.89. The fourth-order valence-electron chi connectivity index (χ4n) is 3.92. The van der Waals surface area contributed by atoms with Gasteiger partial charge < -0.3 is 10.1 Å². The van der Waals surface area contributed by atoms with E-state index in [4.69, 9.17) is 4.74 Å². The lowest BCUT2D eigenvalue weighted by molar-refractivity contribution is -0.125. The molecule has 22 heavy (non-hydrogen) atoms. The Bertz CT molecular complexity index is 686. The van der Waals surface area contributed by atoms with Gasteiger partial charge in [-0.25, -0.2) is 4.79 Å². The van der Waals surface area contributed by atoms with Crippen molar-refractivity contribution in [1.82, 2.24) is 5.32 Å². The zero-order valence-corrected chi connectivity index (χ0v) is 13.2. The van der Waals surface area contributed by atoms with Gasteiger partial charge in [0.05, 0.1) is 24.1 Å². The van der Waals surface area contributed by atoms with Crippen LogP contribution in [0.3, 0.4) is 0 Å². The third kappa shape index (κ3) is 1.82. The maximum absolute atomic E-state index is 12.5. The lowest BCUT2D eigenvalue weighted by Crippen LogP contribution is -2.37. The van der Waals surface area contributed by atoms with Crippen molar-refractivity contribution in [3.8, 4) is 0 Å². The van der Waals surface area contributed by atoms with E-state index in [2.05, 4.69) is 19.2 Å². The van der Waals surface area contributed by atoms with Crippen LogP contribution in [-0.4, -0.2) is 19.0 Å². The molecule has 1 amide bonds. The van der Waals surface area contributed by atoms with E-state index < -0.39 is 0 Å². The molecule has 1 aromatic rings. The van der Waals surface area contributed by atoms with Crippen LogP contribution in [0.25, 0.3) is 0 Å². The van der Waals surface area contributed by atoms with Gasteiger partial charge in [0.25, 0.3) is 0 Å². The number of amides is 1. The minimum atomic E-state index is -0.314. The van der Waals surface area contributed by atoms with E-state index in [0.717, 1.165) is 30.4 Å². The van der Waals surface area contributed by atoms with Gasteiger partial charge >= 0.3 is 5.97 Å². The van der Waals surface area contributed by atoms with E-state index >= 15 is 0 Å². The molecule has 0 radical (unpaired) electrons. The van der Waals surface area contributed by atoms with Gasteiger partial charge in [0, 0.05) is 0 Å². The van der Waals surface area contributed by atoms with Crippen LogP contribution < -0.4 is 5.32 Å². The average molecular weight is 299 g/mol. The van der Waals surface area contributed by atoms with E-state index in [0.29, 0.717) is 11.5 Å². The summed E-state index contributed by atoms with van der Waals surface area (Å²) in [5, 5.41) is 3.28. The maximum Gasteiger partial charge on any atom is 0.337 e. The largest absolute Gasteiger partial charge is 0.465 e. The molecule has 116 valence electrons. The minimum Gasteiger partial charge on any atom is -0.465 e. The molecule has 4 heteroatoms. The molecule has 1 N–H and O–H groups in total. The molecular weight excluding hydrogens is 278 g/mol. The lowest BCUT2D eigenvalue weighted by atomic mass is 9.85. The second-order valence-corrected chi connectivity index (χ2v) is 7.74. The van der Waals surface area contributed by atoms with Crippen LogP contribution in [0, 0.1) is 16.7 Å². The molecule has 1 aromatic carbocycles. The molecule has 2 fully saturated rings. The van der Waals surface area contributed by atoms with Crippen molar-refractivity contribution >= 4 is 11.9 Å². The summed E-state index contributed by atoms with van der Waals surface area (Å²) in [5.41, 5.74) is 2.80. The van der Waals surface area contributed by atoms with Crippen molar-refractivity contribution in [3.63, 3.8) is 0 Å². The SMILES string of the molecule is COC(=O)c1ccc2c(c1)CC(C)(C)C2NC(=O)C12CC1C2. The predicted molar refractivity (Wildman–Crippen MR) is 81.3 cm³/mol. The second-order valence-electron chi connectivity index (χ2n) is 7.74. The van der Waals surface area contributed by atoms with E-state index in [1.807, 2.05) is 12.1 Å². The third-order valence-electron chi connectivity index (χ3n) is 5.71. The summed E-state index contributed by atoms with van der Waals surface area (Å²) in [7, 11) is 1.39. The van der Waals surface area contributed by atoms with E-state index in [9.17, 15) is 9.59 Å². The minimum absolute atomic E-state index is 0.00914. The van der Waals surface area contributed by atoms with Gasteiger partial charge in [0.2, 0.25) is 5.91 Å². The number of fused-ring (bicyclic) bond motifs is 2. The number of esters is 1. The average Bonchev–Trinajstić information content (AvgIpc) is 3.31. The monoisotopic (exact) mass is 299 g/mol.